The van der Waals surface area contributed by atoms with Crippen molar-refractivity contribution >= 4 is 5.71 Å². The summed E-state index contributed by atoms with van der Waals surface area (Å²) in [6.45, 7) is 0.448. The van der Waals surface area contributed by atoms with Crippen molar-refractivity contribution in [1.82, 2.24) is 0 Å². The number of benzene rings is 1. The Bertz CT molecular complexity index is 347. The molecule has 0 saturated carbocycles. The zero-order valence-electron chi connectivity index (χ0n) is 7.14. The van der Waals surface area contributed by atoms with Gasteiger partial charge < -0.3 is 10.2 Å². The van der Waals surface area contributed by atoms with Crippen LogP contribution in [-0.2, 0) is 0 Å². The van der Waals surface area contributed by atoms with Crippen LogP contribution in [0.5, 0.6) is 5.75 Å². The van der Waals surface area contributed by atoms with Crippen LogP contribution in [0.1, 0.15) is 12.0 Å². The SMILES string of the molecule is Oc1ccccc1C1=NCC(O)C1. The van der Waals surface area contributed by atoms with Crippen LogP contribution < -0.4 is 0 Å². The molecular formula is C10H11NO2. The third-order valence-electron chi connectivity index (χ3n) is 2.14. The first-order valence-electron chi connectivity index (χ1n) is 4.27. The number of hydrogen-bond acceptors (Lipinski definition) is 3. The fourth-order valence-electron chi connectivity index (χ4n) is 1.48. The maximum absolute atomic E-state index is 9.49. The topological polar surface area (TPSA) is 52.8 Å². The van der Waals surface area contributed by atoms with Gasteiger partial charge in [-0.05, 0) is 12.1 Å². The van der Waals surface area contributed by atoms with Gasteiger partial charge in [0, 0.05) is 17.7 Å². The van der Waals surface area contributed by atoms with E-state index < -0.39 is 0 Å². The zero-order chi connectivity index (χ0) is 9.26. The Hall–Kier alpha value is -1.35. The lowest BCUT2D eigenvalue weighted by molar-refractivity contribution is 0.200. The van der Waals surface area contributed by atoms with Crippen molar-refractivity contribution in [2.24, 2.45) is 4.99 Å². The third-order valence-corrected chi connectivity index (χ3v) is 2.14. The summed E-state index contributed by atoms with van der Waals surface area (Å²) in [5.74, 6) is 0.232. The Morgan fingerprint density at radius 3 is 2.69 bits per heavy atom. The number of aliphatic hydroxyl groups is 1. The van der Waals surface area contributed by atoms with Crippen molar-refractivity contribution in [3.8, 4) is 5.75 Å². The highest BCUT2D eigenvalue weighted by atomic mass is 16.3. The molecule has 3 heteroatoms. The molecule has 0 aromatic heterocycles. The second-order valence-corrected chi connectivity index (χ2v) is 3.16. The number of nitrogens with zero attached hydrogens (tertiary/aromatic N) is 1. The number of rotatable bonds is 1. The van der Waals surface area contributed by atoms with Crippen molar-refractivity contribution < 1.29 is 10.2 Å². The van der Waals surface area contributed by atoms with Gasteiger partial charge in [0.1, 0.15) is 5.75 Å². The van der Waals surface area contributed by atoms with Gasteiger partial charge in [0.25, 0.3) is 0 Å². The highest BCUT2D eigenvalue weighted by Gasteiger charge is 2.18. The van der Waals surface area contributed by atoms with E-state index in [9.17, 15) is 10.2 Å². The molecular weight excluding hydrogens is 166 g/mol. The Kier molecular flexibility index (Phi) is 2.02. The molecule has 13 heavy (non-hydrogen) atoms. The Morgan fingerprint density at radius 1 is 1.31 bits per heavy atom. The Morgan fingerprint density at radius 2 is 2.08 bits per heavy atom. The van der Waals surface area contributed by atoms with Gasteiger partial charge in [-0.1, -0.05) is 12.1 Å². The average Bonchev–Trinajstić information content (AvgIpc) is 2.53. The molecule has 2 N–H and O–H groups in total. The number of aliphatic hydroxyl groups excluding tert-OH is 1. The summed E-state index contributed by atoms with van der Waals surface area (Å²) in [6, 6.07) is 7.06. The fourth-order valence-corrected chi connectivity index (χ4v) is 1.48. The van der Waals surface area contributed by atoms with Gasteiger partial charge in [0.15, 0.2) is 0 Å². The highest BCUT2D eigenvalue weighted by Crippen LogP contribution is 2.21. The molecule has 1 aromatic carbocycles. The quantitative estimate of drug-likeness (QED) is 0.671. The number of aromatic hydroxyl groups is 1. The van der Waals surface area contributed by atoms with E-state index in [4.69, 9.17) is 0 Å². The van der Waals surface area contributed by atoms with Crippen LogP contribution in [-0.4, -0.2) is 28.6 Å². The monoisotopic (exact) mass is 177 g/mol. The van der Waals surface area contributed by atoms with E-state index in [0.717, 1.165) is 11.3 Å². The van der Waals surface area contributed by atoms with E-state index in [0.29, 0.717) is 13.0 Å². The summed E-state index contributed by atoms with van der Waals surface area (Å²) >= 11 is 0. The average molecular weight is 177 g/mol. The summed E-state index contributed by atoms with van der Waals surface area (Å²) in [7, 11) is 0. The number of hydrogen-bond donors (Lipinski definition) is 2. The predicted octanol–water partition coefficient (Wildman–Crippen LogP) is 0.946. The van der Waals surface area contributed by atoms with Crippen molar-refractivity contribution in [2.45, 2.75) is 12.5 Å². The number of para-hydroxylation sites is 1. The van der Waals surface area contributed by atoms with Gasteiger partial charge in [-0.25, -0.2) is 0 Å². The van der Waals surface area contributed by atoms with Crippen molar-refractivity contribution in [3.05, 3.63) is 29.8 Å². The summed E-state index contributed by atoms with van der Waals surface area (Å²) in [5, 5.41) is 18.8. The van der Waals surface area contributed by atoms with Crippen LogP contribution >= 0.6 is 0 Å². The molecule has 0 aliphatic carbocycles. The number of phenols is 1. The van der Waals surface area contributed by atoms with E-state index in [1.54, 1.807) is 12.1 Å². The molecule has 1 aliphatic rings. The van der Waals surface area contributed by atoms with Gasteiger partial charge >= 0.3 is 0 Å². The molecule has 0 radical (unpaired) electrons. The first kappa shape index (κ1) is 8.26. The standard InChI is InChI=1S/C10H11NO2/c12-7-5-9(11-6-7)8-3-1-2-4-10(8)13/h1-4,7,12-13H,5-6H2. The van der Waals surface area contributed by atoms with Gasteiger partial charge in [-0.3, -0.25) is 4.99 Å². The molecule has 0 fully saturated rings. The normalized spacial score (nSPS) is 21.6. The zero-order valence-corrected chi connectivity index (χ0v) is 7.14. The highest BCUT2D eigenvalue weighted by molar-refractivity contribution is 6.04. The molecule has 0 spiro atoms. The van der Waals surface area contributed by atoms with Crippen molar-refractivity contribution in [3.63, 3.8) is 0 Å². The first-order chi connectivity index (χ1) is 6.27. The molecule has 1 heterocycles. The third kappa shape index (κ3) is 1.55. The summed E-state index contributed by atoms with van der Waals surface area (Å²) in [5.41, 5.74) is 1.53. The molecule has 68 valence electrons. The van der Waals surface area contributed by atoms with E-state index in [-0.39, 0.29) is 11.9 Å². The minimum atomic E-state index is -0.380. The maximum atomic E-state index is 9.49. The van der Waals surface area contributed by atoms with Crippen LogP contribution in [0.3, 0.4) is 0 Å². The van der Waals surface area contributed by atoms with Crippen molar-refractivity contribution in [2.75, 3.05) is 6.54 Å². The first-order valence-corrected chi connectivity index (χ1v) is 4.27. The van der Waals surface area contributed by atoms with E-state index in [1.807, 2.05) is 12.1 Å². The van der Waals surface area contributed by atoms with E-state index in [2.05, 4.69) is 4.99 Å². The smallest absolute Gasteiger partial charge is 0.124 e. The van der Waals surface area contributed by atoms with Crippen LogP contribution in [0.15, 0.2) is 29.3 Å². The summed E-state index contributed by atoms with van der Waals surface area (Å²) in [4.78, 5) is 4.15. The molecule has 0 bridgehead atoms. The Labute approximate surface area is 76.4 Å². The number of phenolic OH excluding ortho intramolecular Hbond substituents is 1. The molecule has 1 atom stereocenters. The van der Waals surface area contributed by atoms with Crippen LogP contribution in [0, 0.1) is 0 Å². The number of aliphatic imine (C=N–C) groups is 1. The Balaban J connectivity index is 2.31. The summed E-state index contributed by atoms with van der Waals surface area (Å²) in [6.07, 6.45) is 0.159. The van der Waals surface area contributed by atoms with Crippen LogP contribution in [0.25, 0.3) is 0 Å². The largest absolute Gasteiger partial charge is 0.507 e. The summed E-state index contributed by atoms with van der Waals surface area (Å²) < 4.78 is 0. The molecule has 0 amide bonds. The van der Waals surface area contributed by atoms with Gasteiger partial charge in [0.2, 0.25) is 0 Å². The van der Waals surface area contributed by atoms with E-state index >= 15 is 0 Å². The molecule has 1 aromatic rings. The molecule has 1 aliphatic heterocycles. The molecule has 3 nitrogen and oxygen atoms in total. The fraction of sp³-hybridized carbons (Fsp3) is 0.300. The molecule has 0 saturated heterocycles. The minimum Gasteiger partial charge on any atom is -0.507 e. The molecule has 2 rings (SSSR count). The lowest BCUT2D eigenvalue weighted by Crippen LogP contribution is -2.07. The van der Waals surface area contributed by atoms with Crippen LogP contribution in [0.2, 0.25) is 0 Å². The van der Waals surface area contributed by atoms with Gasteiger partial charge in [-0.15, -0.1) is 0 Å². The minimum absolute atomic E-state index is 0.232. The second-order valence-electron chi connectivity index (χ2n) is 3.16. The van der Waals surface area contributed by atoms with Crippen molar-refractivity contribution in [1.29, 1.82) is 0 Å². The predicted molar refractivity (Wildman–Crippen MR) is 50.1 cm³/mol. The van der Waals surface area contributed by atoms with Gasteiger partial charge in [-0.2, -0.15) is 0 Å². The van der Waals surface area contributed by atoms with Crippen LogP contribution in [0.4, 0.5) is 0 Å². The lowest BCUT2D eigenvalue weighted by Gasteiger charge is -2.03. The second kappa shape index (κ2) is 3.18. The maximum Gasteiger partial charge on any atom is 0.124 e. The molecule has 1 unspecified atom stereocenters. The lowest BCUT2D eigenvalue weighted by atomic mass is 10.1. The van der Waals surface area contributed by atoms with E-state index in [1.165, 1.54) is 0 Å². The van der Waals surface area contributed by atoms with Gasteiger partial charge in [0.05, 0.1) is 12.6 Å².